The molecule has 1 saturated carbocycles. The van der Waals surface area contributed by atoms with Crippen molar-refractivity contribution in [3.05, 3.63) is 23.8 Å². The minimum atomic E-state index is -1.06. The molecule has 0 radical (unpaired) electrons. The Kier molecular flexibility index (Phi) is 4.52. The van der Waals surface area contributed by atoms with Crippen molar-refractivity contribution in [2.45, 2.75) is 44.7 Å². The largest absolute Gasteiger partial charge is 0.493 e. The van der Waals surface area contributed by atoms with E-state index < -0.39 is 11.6 Å². The van der Waals surface area contributed by atoms with Crippen LogP contribution < -0.4 is 21.1 Å². The lowest BCUT2D eigenvalue weighted by molar-refractivity contribution is 0.0692. The van der Waals surface area contributed by atoms with Gasteiger partial charge >= 0.3 is 5.97 Å². The van der Waals surface area contributed by atoms with Crippen LogP contribution in [-0.4, -0.2) is 35.3 Å². The molecule has 8 heteroatoms. The van der Waals surface area contributed by atoms with Gasteiger partial charge in [-0.25, -0.2) is 9.79 Å². The van der Waals surface area contributed by atoms with Crippen LogP contribution in [0.3, 0.4) is 0 Å². The van der Waals surface area contributed by atoms with Crippen molar-refractivity contribution in [3.63, 3.8) is 0 Å². The highest BCUT2D eigenvalue weighted by Crippen LogP contribution is 2.40. The predicted molar refractivity (Wildman–Crippen MR) is 96.1 cm³/mol. The molecule has 1 fully saturated rings. The molecule has 0 unspecified atom stereocenters. The van der Waals surface area contributed by atoms with Crippen molar-refractivity contribution >= 4 is 23.6 Å². The maximum Gasteiger partial charge on any atom is 0.339 e. The highest BCUT2D eigenvalue weighted by atomic mass is 16.5. The van der Waals surface area contributed by atoms with Crippen LogP contribution in [0.25, 0.3) is 0 Å². The summed E-state index contributed by atoms with van der Waals surface area (Å²) in [4.78, 5) is 22.1. The first-order valence-corrected chi connectivity index (χ1v) is 8.47. The Balaban J connectivity index is 2.08. The van der Waals surface area contributed by atoms with Gasteiger partial charge < -0.3 is 21.3 Å². The second kappa shape index (κ2) is 6.62. The van der Waals surface area contributed by atoms with E-state index in [4.69, 9.17) is 16.2 Å². The number of aromatic carboxylic acids is 1. The van der Waals surface area contributed by atoms with Gasteiger partial charge in [0.1, 0.15) is 17.0 Å². The van der Waals surface area contributed by atoms with E-state index in [2.05, 4.69) is 9.98 Å². The van der Waals surface area contributed by atoms with E-state index in [9.17, 15) is 9.90 Å². The van der Waals surface area contributed by atoms with Crippen LogP contribution in [0, 0.1) is 0 Å². The van der Waals surface area contributed by atoms with Gasteiger partial charge in [0.15, 0.2) is 0 Å². The number of nitrogens with two attached hydrogens (primary N) is 2. The summed E-state index contributed by atoms with van der Waals surface area (Å²) in [7, 11) is 0. The van der Waals surface area contributed by atoms with E-state index in [1.807, 2.05) is 11.8 Å². The summed E-state index contributed by atoms with van der Waals surface area (Å²) in [6.07, 6.45) is 4.72. The van der Waals surface area contributed by atoms with Crippen LogP contribution in [0.5, 0.6) is 5.75 Å². The number of carboxylic acid groups (broad SMARTS) is 1. The van der Waals surface area contributed by atoms with Crippen LogP contribution in [0.4, 0.5) is 5.69 Å². The van der Waals surface area contributed by atoms with E-state index in [1.165, 1.54) is 0 Å². The third-order valence-electron chi connectivity index (χ3n) is 4.60. The average Bonchev–Trinajstić information content (AvgIpc) is 2.56. The van der Waals surface area contributed by atoms with E-state index in [0.717, 1.165) is 32.1 Å². The lowest BCUT2D eigenvalue weighted by atomic mass is 9.87. The summed E-state index contributed by atoms with van der Waals surface area (Å²) in [5, 5.41) is 9.52. The minimum absolute atomic E-state index is 0.0839. The first kappa shape index (κ1) is 17.1. The summed E-state index contributed by atoms with van der Waals surface area (Å²) in [5.74, 6) is -0.333. The number of guanidine groups is 2. The van der Waals surface area contributed by atoms with Crippen molar-refractivity contribution in [2.24, 2.45) is 21.5 Å². The molecule has 1 aromatic rings. The topological polar surface area (TPSA) is 127 Å². The maximum atomic E-state index is 11.6. The van der Waals surface area contributed by atoms with Crippen molar-refractivity contribution in [1.29, 1.82) is 0 Å². The molecule has 8 nitrogen and oxygen atoms in total. The smallest absolute Gasteiger partial charge is 0.339 e. The number of hydrogen-bond acceptors (Lipinski definition) is 7. The quantitative estimate of drug-likeness (QED) is 0.765. The van der Waals surface area contributed by atoms with Crippen LogP contribution in [0.2, 0.25) is 0 Å². The molecule has 1 aliphatic carbocycles. The van der Waals surface area contributed by atoms with Gasteiger partial charge in [0, 0.05) is 5.69 Å². The lowest BCUT2D eigenvalue weighted by Gasteiger charge is -2.45. The summed E-state index contributed by atoms with van der Waals surface area (Å²) in [6.45, 7) is 2.20. The Hall–Kier alpha value is -2.77. The number of anilines is 1. The molecule has 0 bridgehead atoms. The van der Waals surface area contributed by atoms with Gasteiger partial charge in [-0.1, -0.05) is 6.42 Å². The zero-order valence-electron chi connectivity index (χ0n) is 14.2. The van der Waals surface area contributed by atoms with Gasteiger partial charge in [-0.2, -0.15) is 4.99 Å². The van der Waals surface area contributed by atoms with Crippen molar-refractivity contribution in [3.8, 4) is 5.75 Å². The summed E-state index contributed by atoms with van der Waals surface area (Å²) >= 11 is 0. The van der Waals surface area contributed by atoms with E-state index >= 15 is 0 Å². The highest BCUT2D eigenvalue weighted by Gasteiger charge is 2.42. The minimum Gasteiger partial charge on any atom is -0.493 e. The normalized spacial score (nSPS) is 19.3. The average molecular weight is 345 g/mol. The monoisotopic (exact) mass is 345 g/mol. The second-order valence-electron chi connectivity index (χ2n) is 6.24. The Morgan fingerprint density at radius 2 is 2.04 bits per heavy atom. The molecule has 1 spiro atoms. The zero-order chi connectivity index (χ0) is 18.0. The molecule has 2 aliphatic rings. The third-order valence-corrected chi connectivity index (χ3v) is 4.60. The highest BCUT2D eigenvalue weighted by molar-refractivity contribution is 6.06. The van der Waals surface area contributed by atoms with Crippen molar-refractivity contribution in [2.75, 3.05) is 11.5 Å². The predicted octanol–water partition coefficient (Wildman–Crippen LogP) is 1.89. The van der Waals surface area contributed by atoms with Crippen molar-refractivity contribution < 1.29 is 14.6 Å². The fourth-order valence-electron chi connectivity index (χ4n) is 3.60. The Morgan fingerprint density at radius 3 is 2.68 bits per heavy atom. The molecular formula is C17H23N5O3. The van der Waals surface area contributed by atoms with Crippen LogP contribution >= 0.6 is 0 Å². The number of nitrogens with zero attached hydrogens (tertiary/aromatic N) is 3. The first-order valence-electron chi connectivity index (χ1n) is 8.47. The summed E-state index contributed by atoms with van der Waals surface area (Å²) in [6, 6.07) is 4.99. The molecule has 3 rings (SSSR count). The number of benzene rings is 1. The number of ether oxygens (including phenoxy) is 1. The van der Waals surface area contributed by atoms with E-state index in [0.29, 0.717) is 18.0 Å². The van der Waals surface area contributed by atoms with E-state index in [1.54, 1.807) is 18.2 Å². The van der Waals surface area contributed by atoms with Gasteiger partial charge in [0.2, 0.25) is 11.9 Å². The fraction of sp³-hybridized carbons (Fsp3) is 0.471. The molecule has 25 heavy (non-hydrogen) atoms. The SMILES string of the molecule is CCOc1ccc(N2C(N)=NC(N)=NC23CCCCC3)cc1C(=O)O. The molecule has 0 atom stereocenters. The fourth-order valence-corrected chi connectivity index (χ4v) is 3.60. The van der Waals surface area contributed by atoms with E-state index in [-0.39, 0.29) is 17.5 Å². The number of hydrogen-bond donors (Lipinski definition) is 3. The number of carbonyl (C=O) groups is 1. The van der Waals surface area contributed by atoms with Crippen LogP contribution in [-0.2, 0) is 0 Å². The van der Waals surface area contributed by atoms with Crippen LogP contribution in [0.15, 0.2) is 28.2 Å². The molecule has 0 saturated heterocycles. The molecule has 0 aromatic heterocycles. The maximum absolute atomic E-state index is 11.6. The molecule has 1 aliphatic heterocycles. The molecule has 5 N–H and O–H groups in total. The van der Waals surface area contributed by atoms with Gasteiger partial charge in [-0.15, -0.1) is 0 Å². The third kappa shape index (κ3) is 3.11. The second-order valence-corrected chi connectivity index (χ2v) is 6.24. The Morgan fingerprint density at radius 1 is 1.32 bits per heavy atom. The number of rotatable bonds is 4. The summed E-state index contributed by atoms with van der Waals surface area (Å²) in [5.41, 5.74) is 12.1. The zero-order valence-corrected chi connectivity index (χ0v) is 14.2. The number of carboxylic acids is 1. The van der Waals surface area contributed by atoms with Gasteiger partial charge in [0.05, 0.1) is 6.61 Å². The molecule has 1 aromatic carbocycles. The number of aliphatic imine (C=N–C) groups is 2. The van der Waals surface area contributed by atoms with Gasteiger partial charge in [-0.3, -0.25) is 4.90 Å². The van der Waals surface area contributed by atoms with Gasteiger partial charge in [-0.05, 0) is 50.8 Å². The van der Waals surface area contributed by atoms with Crippen molar-refractivity contribution in [1.82, 2.24) is 0 Å². The molecular weight excluding hydrogens is 322 g/mol. The lowest BCUT2D eigenvalue weighted by Crippen LogP contribution is -2.58. The standard InChI is InChI=1S/C17H23N5O3/c1-2-25-13-7-6-11(10-12(13)14(23)24)22-16(19)20-15(18)21-17(22)8-4-3-5-9-17/h6-7,10H,2-5,8-9H2,1H3,(H,23,24)(H4,18,19,20,21). The Bertz CT molecular complexity index is 738. The summed E-state index contributed by atoms with van der Waals surface area (Å²) < 4.78 is 5.41. The molecule has 0 amide bonds. The Labute approximate surface area is 146 Å². The first-order chi connectivity index (χ1) is 12.0. The molecule has 134 valence electrons. The molecule has 1 heterocycles. The van der Waals surface area contributed by atoms with Crippen LogP contribution in [0.1, 0.15) is 49.4 Å². The van der Waals surface area contributed by atoms with Gasteiger partial charge in [0.25, 0.3) is 0 Å².